The van der Waals surface area contributed by atoms with Crippen molar-refractivity contribution in [3.05, 3.63) is 93.7 Å². The molecule has 178 valence electrons. The van der Waals surface area contributed by atoms with Crippen molar-refractivity contribution < 1.29 is 19.4 Å². The SMILES string of the molecule is COc1ccccc1/C=C/C(=O)N1C[C@H]2[C@]3(c4ccccc4)CC[C@@H](c4sccc43)[C@@]2(C(=O)O)C1. The molecule has 1 aromatic heterocycles. The zero-order valence-electron chi connectivity index (χ0n) is 19.5. The molecule has 7 rings (SSSR count). The van der Waals surface area contributed by atoms with Crippen LogP contribution >= 0.6 is 11.3 Å². The molecule has 1 amide bonds. The van der Waals surface area contributed by atoms with E-state index in [2.05, 4.69) is 23.6 Å². The van der Waals surface area contributed by atoms with Crippen LogP contribution in [0.25, 0.3) is 6.08 Å². The average Bonchev–Trinajstić information content (AvgIpc) is 3.56. The number of hydrogen-bond donors (Lipinski definition) is 1. The van der Waals surface area contributed by atoms with Gasteiger partial charge in [0.05, 0.1) is 12.5 Å². The van der Waals surface area contributed by atoms with Gasteiger partial charge in [-0.15, -0.1) is 11.3 Å². The highest BCUT2D eigenvalue weighted by atomic mass is 32.1. The molecule has 3 aromatic rings. The van der Waals surface area contributed by atoms with E-state index in [1.165, 1.54) is 10.4 Å². The molecule has 2 fully saturated rings. The van der Waals surface area contributed by atoms with Crippen molar-refractivity contribution in [2.45, 2.75) is 24.2 Å². The Kier molecular flexibility index (Phi) is 5.11. The second-order valence-electron chi connectivity index (χ2n) is 9.82. The number of carboxylic acids is 1. The Labute approximate surface area is 208 Å². The van der Waals surface area contributed by atoms with Crippen molar-refractivity contribution >= 4 is 29.3 Å². The summed E-state index contributed by atoms with van der Waals surface area (Å²) < 4.78 is 5.40. The highest BCUT2D eigenvalue weighted by Crippen LogP contribution is 2.69. The molecule has 0 spiro atoms. The first kappa shape index (κ1) is 22.1. The largest absolute Gasteiger partial charge is 0.496 e. The minimum absolute atomic E-state index is 0.0680. The molecule has 3 aliphatic carbocycles. The van der Waals surface area contributed by atoms with Gasteiger partial charge in [0.1, 0.15) is 5.75 Å². The highest BCUT2D eigenvalue weighted by Gasteiger charge is 2.71. The molecule has 2 heterocycles. The van der Waals surface area contributed by atoms with Crippen LogP contribution in [-0.4, -0.2) is 42.1 Å². The van der Waals surface area contributed by atoms with Gasteiger partial charge in [-0.05, 0) is 47.6 Å². The first-order chi connectivity index (χ1) is 17.0. The lowest BCUT2D eigenvalue weighted by Crippen LogP contribution is -2.59. The van der Waals surface area contributed by atoms with Gasteiger partial charge in [0.25, 0.3) is 0 Å². The number of nitrogens with zero attached hydrogens (tertiary/aromatic N) is 1. The Hall–Kier alpha value is -3.38. The van der Waals surface area contributed by atoms with Crippen molar-refractivity contribution in [3.8, 4) is 5.75 Å². The van der Waals surface area contributed by atoms with Crippen LogP contribution in [-0.2, 0) is 15.0 Å². The Morgan fingerprint density at radius 2 is 1.89 bits per heavy atom. The Morgan fingerprint density at radius 1 is 1.11 bits per heavy atom. The van der Waals surface area contributed by atoms with Crippen LogP contribution in [0.5, 0.6) is 5.75 Å². The number of carbonyl (C=O) groups excluding carboxylic acids is 1. The van der Waals surface area contributed by atoms with Crippen molar-refractivity contribution in [2.75, 3.05) is 20.2 Å². The topological polar surface area (TPSA) is 66.8 Å². The van der Waals surface area contributed by atoms with E-state index < -0.39 is 16.8 Å². The third-order valence-corrected chi connectivity index (χ3v) is 9.59. The van der Waals surface area contributed by atoms with Gasteiger partial charge in [-0.3, -0.25) is 9.59 Å². The van der Waals surface area contributed by atoms with E-state index in [1.54, 1.807) is 35.5 Å². The Bertz CT molecular complexity index is 1330. The zero-order chi connectivity index (χ0) is 24.2. The standard InChI is InChI=1S/C29H27NO4S/c1-34-23-10-6-5-7-19(23)11-12-25(31)30-17-24-28(20-8-3-2-4-9-20)15-13-21(26-22(28)14-16-35-26)29(24,18-30)27(32)33/h2-12,14,16,21,24H,13,15,17-18H2,1H3,(H,32,33)/b12-11+/t21-,24-,28-,29-/m0/s1. The summed E-state index contributed by atoms with van der Waals surface area (Å²) in [5, 5.41) is 12.9. The number of aliphatic carboxylic acids is 1. The molecule has 1 saturated heterocycles. The number of ether oxygens (including phenoxy) is 1. The number of likely N-dealkylation sites (tertiary alicyclic amines) is 1. The van der Waals surface area contributed by atoms with Gasteiger partial charge in [-0.2, -0.15) is 0 Å². The number of thiophene rings is 1. The second kappa shape index (κ2) is 8.09. The average molecular weight is 486 g/mol. The molecule has 1 aliphatic heterocycles. The number of hydrogen-bond acceptors (Lipinski definition) is 4. The van der Waals surface area contributed by atoms with Crippen LogP contribution in [0.1, 0.15) is 40.3 Å². The lowest BCUT2D eigenvalue weighted by molar-refractivity contribution is -0.157. The predicted molar refractivity (Wildman–Crippen MR) is 136 cm³/mol. The molecular formula is C29H27NO4S. The second-order valence-corrected chi connectivity index (χ2v) is 10.8. The third kappa shape index (κ3) is 2.99. The maximum Gasteiger partial charge on any atom is 0.312 e. The number of methoxy groups -OCH3 is 1. The Balaban J connectivity index is 1.42. The first-order valence-corrected chi connectivity index (χ1v) is 12.9. The van der Waals surface area contributed by atoms with E-state index in [0.29, 0.717) is 12.3 Å². The maximum atomic E-state index is 13.4. The van der Waals surface area contributed by atoms with Crippen molar-refractivity contribution in [1.82, 2.24) is 4.90 Å². The fourth-order valence-electron chi connectivity index (χ4n) is 7.11. The van der Waals surface area contributed by atoms with Gasteiger partial charge in [-0.1, -0.05) is 48.5 Å². The summed E-state index contributed by atoms with van der Waals surface area (Å²) in [5.74, 6) is -0.493. The van der Waals surface area contributed by atoms with Gasteiger partial charge in [0.2, 0.25) is 5.91 Å². The molecule has 6 heteroatoms. The van der Waals surface area contributed by atoms with Crippen molar-refractivity contribution in [1.29, 1.82) is 0 Å². The Morgan fingerprint density at radius 3 is 2.66 bits per heavy atom. The van der Waals surface area contributed by atoms with Crippen LogP contribution < -0.4 is 4.74 Å². The van der Waals surface area contributed by atoms with E-state index in [0.717, 1.165) is 24.0 Å². The van der Waals surface area contributed by atoms with E-state index in [1.807, 2.05) is 42.5 Å². The number of fused-ring (bicyclic) bond motifs is 1. The maximum absolute atomic E-state index is 13.4. The normalized spacial score (nSPS) is 28.7. The number of benzene rings is 2. The van der Waals surface area contributed by atoms with Crippen molar-refractivity contribution in [2.24, 2.45) is 11.3 Å². The summed E-state index contributed by atoms with van der Waals surface area (Å²) in [7, 11) is 1.60. The minimum atomic E-state index is -0.986. The summed E-state index contributed by atoms with van der Waals surface area (Å²) in [5.41, 5.74) is 1.86. The number of para-hydroxylation sites is 1. The third-order valence-electron chi connectivity index (χ3n) is 8.56. The summed E-state index contributed by atoms with van der Waals surface area (Å²) >= 11 is 1.67. The van der Waals surface area contributed by atoms with E-state index in [4.69, 9.17) is 4.74 Å². The minimum Gasteiger partial charge on any atom is -0.496 e. The lowest BCUT2D eigenvalue weighted by Gasteiger charge is -2.58. The molecule has 4 atom stereocenters. The molecule has 2 aromatic carbocycles. The lowest BCUT2D eigenvalue weighted by atomic mass is 9.43. The van der Waals surface area contributed by atoms with E-state index in [-0.39, 0.29) is 24.3 Å². The molecule has 0 unspecified atom stereocenters. The summed E-state index contributed by atoms with van der Waals surface area (Å²) in [6.45, 7) is 0.667. The molecule has 1 N–H and O–H groups in total. The molecule has 1 saturated carbocycles. The summed E-state index contributed by atoms with van der Waals surface area (Å²) in [6.07, 6.45) is 5.04. The molecule has 0 radical (unpaired) electrons. The monoisotopic (exact) mass is 485 g/mol. The van der Waals surface area contributed by atoms with Gasteiger partial charge < -0.3 is 14.7 Å². The number of amides is 1. The molecular weight excluding hydrogens is 458 g/mol. The zero-order valence-corrected chi connectivity index (χ0v) is 20.3. The van der Waals surface area contributed by atoms with Crippen molar-refractivity contribution in [3.63, 3.8) is 0 Å². The van der Waals surface area contributed by atoms with Crippen LogP contribution in [0, 0.1) is 11.3 Å². The van der Waals surface area contributed by atoms with Crippen LogP contribution in [0.4, 0.5) is 0 Å². The molecule has 4 aliphatic rings. The highest BCUT2D eigenvalue weighted by molar-refractivity contribution is 7.10. The van der Waals surface area contributed by atoms with Crippen LogP contribution in [0.3, 0.4) is 0 Å². The first-order valence-electron chi connectivity index (χ1n) is 12.0. The predicted octanol–water partition coefficient (Wildman–Crippen LogP) is 5.18. The fraction of sp³-hybridized carbons (Fsp3) is 0.310. The quantitative estimate of drug-likeness (QED) is 0.506. The fourth-order valence-corrected chi connectivity index (χ4v) is 8.33. The molecule has 35 heavy (non-hydrogen) atoms. The smallest absolute Gasteiger partial charge is 0.312 e. The number of carbonyl (C=O) groups is 2. The van der Waals surface area contributed by atoms with Gasteiger partial charge in [0, 0.05) is 46.9 Å². The molecule has 2 bridgehead atoms. The summed E-state index contributed by atoms with van der Waals surface area (Å²) in [4.78, 5) is 29.5. The molecule has 5 nitrogen and oxygen atoms in total. The number of rotatable bonds is 5. The van der Waals surface area contributed by atoms with Crippen LogP contribution in [0.2, 0.25) is 0 Å². The van der Waals surface area contributed by atoms with E-state index in [9.17, 15) is 14.7 Å². The summed E-state index contributed by atoms with van der Waals surface area (Å²) in [6, 6.07) is 20.1. The van der Waals surface area contributed by atoms with E-state index >= 15 is 0 Å². The van der Waals surface area contributed by atoms with Gasteiger partial charge >= 0.3 is 5.97 Å². The van der Waals surface area contributed by atoms with Gasteiger partial charge in [0.15, 0.2) is 0 Å². The van der Waals surface area contributed by atoms with Gasteiger partial charge in [-0.25, -0.2) is 0 Å². The number of carboxylic acid groups (broad SMARTS) is 1. The van der Waals surface area contributed by atoms with Crippen LogP contribution in [0.15, 0.2) is 72.1 Å².